The predicted octanol–water partition coefficient (Wildman–Crippen LogP) is 1.86. The minimum Gasteiger partial charge on any atom is -0.354 e. The molecule has 1 aromatic carbocycles. The fourth-order valence-corrected chi connectivity index (χ4v) is 2.77. The van der Waals surface area contributed by atoms with Crippen molar-refractivity contribution in [2.45, 2.75) is 39.3 Å². The number of likely N-dealkylation sites (N-methyl/N-ethyl adjacent to an activating group) is 1. The highest BCUT2D eigenvalue weighted by Crippen LogP contribution is 2.14. The van der Waals surface area contributed by atoms with E-state index in [1.54, 1.807) is 31.2 Å². The van der Waals surface area contributed by atoms with Gasteiger partial charge in [-0.05, 0) is 31.0 Å². The lowest BCUT2D eigenvalue weighted by Crippen LogP contribution is -2.50. The van der Waals surface area contributed by atoms with Crippen LogP contribution in [0.1, 0.15) is 32.3 Å². The number of halogens is 1. The maximum Gasteiger partial charge on any atom is 0.242 e. The van der Waals surface area contributed by atoms with Gasteiger partial charge in [-0.2, -0.15) is 4.31 Å². The van der Waals surface area contributed by atoms with Crippen molar-refractivity contribution >= 4 is 33.4 Å². The molecule has 9 heteroatoms. The normalized spacial score (nSPS) is 12.7. The topological polar surface area (TPSA) is 86.8 Å². The van der Waals surface area contributed by atoms with Gasteiger partial charge in [-0.1, -0.05) is 37.1 Å². The maximum absolute atomic E-state index is 12.8. The number of carbonyl (C=O) groups is 2. The molecule has 1 atom stereocenters. The molecule has 0 unspecified atom stereocenters. The Morgan fingerprint density at radius 1 is 1.22 bits per heavy atom. The second kappa shape index (κ2) is 10.6. The van der Waals surface area contributed by atoms with Crippen molar-refractivity contribution in [2.75, 3.05) is 26.4 Å². The molecule has 1 aromatic rings. The molecule has 7 nitrogen and oxygen atoms in total. The Hall–Kier alpha value is -1.64. The Labute approximate surface area is 166 Å². The highest BCUT2D eigenvalue weighted by atomic mass is 35.5. The number of carbonyl (C=O) groups excluding carboxylic acids is 2. The summed E-state index contributed by atoms with van der Waals surface area (Å²) < 4.78 is 24.2. The third-order valence-electron chi connectivity index (χ3n) is 4.19. The molecule has 27 heavy (non-hydrogen) atoms. The van der Waals surface area contributed by atoms with Crippen LogP contribution in [0.2, 0.25) is 5.02 Å². The van der Waals surface area contributed by atoms with E-state index in [1.165, 1.54) is 11.9 Å². The lowest BCUT2D eigenvalue weighted by Gasteiger charge is -2.30. The van der Waals surface area contributed by atoms with Crippen LogP contribution in [0, 0.1) is 0 Å². The molecule has 0 aromatic heterocycles. The van der Waals surface area contributed by atoms with Crippen molar-refractivity contribution in [1.82, 2.24) is 14.5 Å². The molecule has 0 spiro atoms. The number of nitrogens with zero attached hydrogens (tertiary/aromatic N) is 2. The monoisotopic (exact) mass is 417 g/mol. The van der Waals surface area contributed by atoms with E-state index in [2.05, 4.69) is 5.32 Å². The van der Waals surface area contributed by atoms with Crippen LogP contribution in [0.25, 0.3) is 0 Å². The van der Waals surface area contributed by atoms with E-state index in [4.69, 9.17) is 11.6 Å². The first kappa shape index (κ1) is 23.4. The van der Waals surface area contributed by atoms with E-state index in [1.807, 2.05) is 6.92 Å². The van der Waals surface area contributed by atoms with Crippen LogP contribution in [0.3, 0.4) is 0 Å². The second-order valence-electron chi connectivity index (χ2n) is 6.49. The molecule has 0 aliphatic carbocycles. The van der Waals surface area contributed by atoms with Gasteiger partial charge in [0.15, 0.2) is 0 Å². The molecule has 0 aliphatic heterocycles. The van der Waals surface area contributed by atoms with Gasteiger partial charge in [-0.15, -0.1) is 0 Å². The highest BCUT2D eigenvalue weighted by Gasteiger charge is 2.28. The molecule has 152 valence electrons. The number of sulfonamides is 1. The van der Waals surface area contributed by atoms with Crippen LogP contribution < -0.4 is 5.32 Å². The Bertz CT molecular complexity index is 737. The molecular weight excluding hydrogens is 390 g/mol. The van der Waals surface area contributed by atoms with Crippen LogP contribution in [0.5, 0.6) is 0 Å². The second-order valence-corrected chi connectivity index (χ2v) is 9.01. The predicted molar refractivity (Wildman–Crippen MR) is 107 cm³/mol. The van der Waals surface area contributed by atoms with Gasteiger partial charge in [0.2, 0.25) is 21.8 Å². The van der Waals surface area contributed by atoms with Crippen LogP contribution in [-0.2, 0) is 26.2 Å². The summed E-state index contributed by atoms with van der Waals surface area (Å²) in [5.41, 5.74) is 0.794. The Morgan fingerprint density at radius 2 is 1.81 bits per heavy atom. The summed E-state index contributed by atoms with van der Waals surface area (Å²) in [6.45, 7) is 4.03. The first-order valence-corrected chi connectivity index (χ1v) is 11.0. The lowest BCUT2D eigenvalue weighted by molar-refractivity contribution is -0.140. The van der Waals surface area contributed by atoms with Crippen molar-refractivity contribution in [3.63, 3.8) is 0 Å². The van der Waals surface area contributed by atoms with Crippen molar-refractivity contribution in [1.29, 1.82) is 0 Å². The summed E-state index contributed by atoms with van der Waals surface area (Å²) in [7, 11) is -2.17. The molecular formula is C18H28ClN3O4S. The number of benzene rings is 1. The third kappa shape index (κ3) is 7.86. The number of hydrogen-bond donors (Lipinski definition) is 1. The van der Waals surface area contributed by atoms with Crippen LogP contribution in [-0.4, -0.2) is 61.9 Å². The standard InChI is InChI=1S/C18H28ClN3O4S/c1-5-6-11-20-18(24)14(2)22(12-15-7-9-16(19)10-8-15)17(23)13-21(3)27(4,25)26/h7-10,14H,5-6,11-13H2,1-4H3,(H,20,24)/t14-/m1/s1. The minimum absolute atomic E-state index is 0.177. The first-order valence-electron chi connectivity index (χ1n) is 8.79. The molecule has 1 N–H and O–H groups in total. The van der Waals surface area contributed by atoms with Crippen molar-refractivity contribution in [2.24, 2.45) is 0 Å². The third-order valence-corrected chi connectivity index (χ3v) is 5.70. The molecule has 0 saturated heterocycles. The van der Waals surface area contributed by atoms with Gasteiger partial charge in [0.1, 0.15) is 6.04 Å². The molecule has 1 rings (SSSR count). The summed E-state index contributed by atoms with van der Waals surface area (Å²) in [5, 5.41) is 3.38. The lowest BCUT2D eigenvalue weighted by atomic mass is 10.1. The van der Waals surface area contributed by atoms with E-state index in [-0.39, 0.29) is 19.0 Å². The number of rotatable bonds is 10. The summed E-state index contributed by atoms with van der Waals surface area (Å²) in [4.78, 5) is 26.6. The quantitative estimate of drug-likeness (QED) is 0.589. The Kier molecular flexibility index (Phi) is 9.21. The largest absolute Gasteiger partial charge is 0.354 e. The zero-order valence-electron chi connectivity index (χ0n) is 16.2. The highest BCUT2D eigenvalue weighted by molar-refractivity contribution is 7.88. The van der Waals surface area contributed by atoms with E-state index in [0.717, 1.165) is 29.0 Å². The van der Waals surface area contributed by atoms with E-state index < -0.39 is 22.0 Å². The van der Waals surface area contributed by atoms with Gasteiger partial charge in [-0.3, -0.25) is 9.59 Å². The summed E-state index contributed by atoms with van der Waals surface area (Å²) in [6.07, 6.45) is 2.83. The molecule has 0 radical (unpaired) electrons. The van der Waals surface area contributed by atoms with Crippen LogP contribution in [0.15, 0.2) is 24.3 Å². The van der Waals surface area contributed by atoms with Gasteiger partial charge in [-0.25, -0.2) is 8.42 Å². The average Bonchev–Trinajstić information content (AvgIpc) is 2.59. The van der Waals surface area contributed by atoms with E-state index in [9.17, 15) is 18.0 Å². The Morgan fingerprint density at radius 3 is 2.33 bits per heavy atom. The average molecular weight is 418 g/mol. The molecule has 0 heterocycles. The van der Waals surface area contributed by atoms with E-state index in [0.29, 0.717) is 11.6 Å². The molecule has 0 bridgehead atoms. The van der Waals surface area contributed by atoms with Crippen LogP contribution >= 0.6 is 11.6 Å². The fraction of sp³-hybridized carbons (Fsp3) is 0.556. The van der Waals surface area contributed by atoms with Gasteiger partial charge < -0.3 is 10.2 Å². The Balaban J connectivity index is 2.98. The summed E-state index contributed by atoms with van der Waals surface area (Å²) >= 11 is 5.90. The van der Waals surface area contributed by atoms with E-state index >= 15 is 0 Å². The molecule has 0 aliphatic rings. The number of amides is 2. The zero-order valence-corrected chi connectivity index (χ0v) is 17.8. The molecule has 0 fully saturated rings. The van der Waals surface area contributed by atoms with Crippen molar-refractivity contribution in [3.8, 4) is 0 Å². The van der Waals surface area contributed by atoms with Crippen molar-refractivity contribution < 1.29 is 18.0 Å². The summed E-state index contributed by atoms with van der Waals surface area (Å²) in [6, 6.07) is 6.20. The van der Waals surface area contributed by atoms with Gasteiger partial charge >= 0.3 is 0 Å². The number of hydrogen-bond acceptors (Lipinski definition) is 4. The zero-order chi connectivity index (χ0) is 20.6. The van der Waals surface area contributed by atoms with Gasteiger partial charge in [0.05, 0.1) is 12.8 Å². The van der Waals surface area contributed by atoms with Crippen molar-refractivity contribution in [3.05, 3.63) is 34.9 Å². The SMILES string of the molecule is CCCCNC(=O)[C@@H](C)N(Cc1ccc(Cl)cc1)C(=O)CN(C)S(C)(=O)=O. The van der Waals surface area contributed by atoms with Crippen LogP contribution in [0.4, 0.5) is 0 Å². The molecule has 2 amide bonds. The minimum atomic E-state index is -3.51. The maximum atomic E-state index is 12.8. The summed E-state index contributed by atoms with van der Waals surface area (Å²) in [5.74, 6) is -0.719. The number of unbranched alkanes of at least 4 members (excludes halogenated alkanes) is 1. The van der Waals surface area contributed by atoms with Gasteiger partial charge in [0, 0.05) is 25.2 Å². The smallest absolute Gasteiger partial charge is 0.242 e. The number of nitrogens with one attached hydrogen (secondary N) is 1. The first-order chi connectivity index (χ1) is 12.6. The van der Waals surface area contributed by atoms with Gasteiger partial charge in [0.25, 0.3) is 0 Å². The molecule has 0 saturated carbocycles. The fourth-order valence-electron chi connectivity index (χ4n) is 2.30.